The molecule has 1 aromatic carbocycles. The Hall–Kier alpha value is -0.980. The number of morpholine rings is 1. The monoisotopic (exact) mass is 562 g/mol. The molecule has 3 saturated heterocycles. The number of amides is 1. The van der Waals surface area contributed by atoms with Crippen molar-refractivity contribution in [3.8, 4) is 0 Å². The van der Waals surface area contributed by atoms with Gasteiger partial charge in [-0.1, -0.05) is 23.2 Å². The topological polar surface area (TPSA) is 82.6 Å². The van der Waals surface area contributed by atoms with E-state index in [4.69, 9.17) is 32.7 Å². The predicted octanol–water partition coefficient (Wildman–Crippen LogP) is 1.95. The molecular formula is C24H36Cl2N4O5S. The fourth-order valence-corrected chi connectivity index (χ4v) is 7.83. The molecule has 0 unspecified atom stereocenters. The quantitative estimate of drug-likeness (QED) is 0.455. The molecule has 0 aliphatic carbocycles. The summed E-state index contributed by atoms with van der Waals surface area (Å²) in [5.74, 6) is -0.0723. The summed E-state index contributed by atoms with van der Waals surface area (Å²) in [6.07, 6.45) is 2.60. The van der Waals surface area contributed by atoms with Crippen LogP contribution in [0.25, 0.3) is 0 Å². The maximum Gasteiger partial charge on any atom is 0.248 e. The van der Waals surface area contributed by atoms with Crippen molar-refractivity contribution in [1.29, 1.82) is 0 Å². The van der Waals surface area contributed by atoms with Crippen molar-refractivity contribution in [2.24, 2.45) is 0 Å². The Morgan fingerprint density at radius 3 is 2.36 bits per heavy atom. The van der Waals surface area contributed by atoms with Gasteiger partial charge >= 0.3 is 0 Å². The van der Waals surface area contributed by atoms with E-state index in [1.54, 1.807) is 13.0 Å². The van der Waals surface area contributed by atoms with Gasteiger partial charge in [0.05, 0.1) is 30.9 Å². The van der Waals surface area contributed by atoms with E-state index in [-0.39, 0.29) is 48.8 Å². The molecule has 1 amide bonds. The smallest absolute Gasteiger partial charge is 0.248 e. The second-order valence-corrected chi connectivity index (χ2v) is 12.3. The molecule has 0 aromatic heterocycles. The van der Waals surface area contributed by atoms with E-state index in [9.17, 15) is 13.2 Å². The van der Waals surface area contributed by atoms with Gasteiger partial charge in [0.15, 0.2) is 0 Å². The fourth-order valence-electron chi connectivity index (χ4n) is 5.10. The largest absolute Gasteiger partial charge is 0.378 e. The Bertz CT molecular complexity index is 991. The summed E-state index contributed by atoms with van der Waals surface area (Å²) in [6.45, 7) is 9.93. The maximum absolute atomic E-state index is 13.5. The first kappa shape index (κ1) is 28.0. The zero-order valence-corrected chi connectivity index (χ0v) is 23.2. The minimum absolute atomic E-state index is 0.0409. The summed E-state index contributed by atoms with van der Waals surface area (Å²) in [4.78, 5) is 19.5. The van der Waals surface area contributed by atoms with Crippen molar-refractivity contribution in [2.45, 2.75) is 30.7 Å². The highest BCUT2D eigenvalue weighted by Gasteiger charge is 2.36. The van der Waals surface area contributed by atoms with E-state index in [1.807, 2.05) is 4.90 Å². The van der Waals surface area contributed by atoms with Gasteiger partial charge in [-0.2, -0.15) is 4.31 Å². The van der Waals surface area contributed by atoms with Crippen molar-refractivity contribution in [3.05, 3.63) is 27.7 Å². The number of likely N-dealkylation sites (tertiary alicyclic amines) is 1. The molecule has 3 heterocycles. The molecule has 3 fully saturated rings. The average Bonchev–Trinajstić information content (AvgIpc) is 3.36. The fraction of sp³-hybridized carbons (Fsp3) is 0.708. The average molecular weight is 564 g/mol. The summed E-state index contributed by atoms with van der Waals surface area (Å²) in [5, 5.41) is 0.463. The molecule has 1 aromatic rings. The van der Waals surface area contributed by atoms with Crippen molar-refractivity contribution in [2.75, 3.05) is 85.3 Å². The summed E-state index contributed by atoms with van der Waals surface area (Å²) in [5.41, 5.74) is 0.480. The summed E-state index contributed by atoms with van der Waals surface area (Å²) in [7, 11) is -3.90. The number of rotatable bonds is 9. The molecule has 0 spiro atoms. The van der Waals surface area contributed by atoms with Gasteiger partial charge in [-0.25, -0.2) is 8.42 Å². The van der Waals surface area contributed by atoms with Crippen LogP contribution in [0, 0.1) is 6.92 Å². The van der Waals surface area contributed by atoms with Crippen LogP contribution in [0.4, 0.5) is 0 Å². The van der Waals surface area contributed by atoms with Gasteiger partial charge in [0, 0.05) is 50.8 Å². The molecule has 12 heteroatoms. The predicted molar refractivity (Wildman–Crippen MR) is 139 cm³/mol. The third kappa shape index (κ3) is 6.91. The number of halogens is 2. The lowest BCUT2D eigenvalue weighted by atomic mass is 10.2. The molecule has 202 valence electrons. The normalized spacial score (nSPS) is 22.9. The number of piperazine rings is 1. The number of ether oxygens (including phenoxy) is 2. The molecule has 0 saturated carbocycles. The Kier molecular flexibility index (Phi) is 9.90. The number of carbonyl (C=O) groups is 1. The third-order valence-electron chi connectivity index (χ3n) is 7.13. The number of hydrogen-bond donors (Lipinski definition) is 0. The highest BCUT2D eigenvalue weighted by atomic mass is 35.5. The number of aryl methyl sites for hydroxylation is 1. The molecular weight excluding hydrogens is 527 g/mol. The number of carbonyl (C=O) groups excluding carboxylic acids is 1. The van der Waals surface area contributed by atoms with E-state index in [1.165, 1.54) is 36.3 Å². The molecule has 9 nitrogen and oxygen atoms in total. The first-order chi connectivity index (χ1) is 17.3. The van der Waals surface area contributed by atoms with Crippen LogP contribution < -0.4 is 0 Å². The zero-order valence-electron chi connectivity index (χ0n) is 20.8. The molecule has 0 radical (unpaired) electrons. The van der Waals surface area contributed by atoms with Gasteiger partial charge in [-0.3, -0.25) is 9.69 Å². The second kappa shape index (κ2) is 12.7. The lowest BCUT2D eigenvalue weighted by molar-refractivity contribution is -0.138. The van der Waals surface area contributed by atoms with Crippen LogP contribution in [-0.2, 0) is 24.3 Å². The van der Waals surface area contributed by atoms with Crippen molar-refractivity contribution in [1.82, 2.24) is 19.0 Å². The molecule has 0 N–H and O–H groups in total. The standard InChI is InChI=1S/C24H36Cl2N4O5S/c1-19-14-20(25)15-22(26)24(19)36(32,33)30-12-13-34-16-21(30)17-35-18-23(31)29-10-8-28(9-11-29)7-6-27-4-2-3-5-27/h14-15,21H,2-13,16-18H2,1H3/t21-/m0/s1. The first-order valence-corrected chi connectivity index (χ1v) is 14.8. The Labute approximate surface area is 224 Å². The SMILES string of the molecule is Cc1cc(Cl)cc(Cl)c1S(=O)(=O)N1CCOC[C@H]1COCC(=O)N1CCN(CCN2CCCC2)CC1. The van der Waals surface area contributed by atoms with Gasteiger partial charge < -0.3 is 19.3 Å². The molecule has 4 rings (SSSR count). The number of sulfonamides is 1. The first-order valence-electron chi connectivity index (χ1n) is 12.6. The Morgan fingerprint density at radius 1 is 1.03 bits per heavy atom. The van der Waals surface area contributed by atoms with Crippen LogP contribution in [0.3, 0.4) is 0 Å². The second-order valence-electron chi connectivity index (χ2n) is 9.66. The van der Waals surface area contributed by atoms with E-state index >= 15 is 0 Å². The van der Waals surface area contributed by atoms with Crippen molar-refractivity contribution in [3.63, 3.8) is 0 Å². The van der Waals surface area contributed by atoms with Crippen LogP contribution in [-0.4, -0.2) is 125 Å². The molecule has 0 bridgehead atoms. The van der Waals surface area contributed by atoms with Crippen LogP contribution in [0.1, 0.15) is 18.4 Å². The van der Waals surface area contributed by atoms with Crippen LogP contribution in [0.15, 0.2) is 17.0 Å². The van der Waals surface area contributed by atoms with E-state index in [2.05, 4.69) is 9.80 Å². The zero-order chi connectivity index (χ0) is 25.7. The van der Waals surface area contributed by atoms with Crippen molar-refractivity contribution >= 4 is 39.1 Å². The van der Waals surface area contributed by atoms with Crippen LogP contribution >= 0.6 is 23.2 Å². The summed E-state index contributed by atoms with van der Waals surface area (Å²) >= 11 is 12.3. The summed E-state index contributed by atoms with van der Waals surface area (Å²) < 4.78 is 39.5. The highest BCUT2D eigenvalue weighted by molar-refractivity contribution is 7.89. The molecule has 1 atom stereocenters. The number of benzene rings is 1. The minimum Gasteiger partial charge on any atom is -0.378 e. The van der Waals surface area contributed by atoms with Gasteiger partial charge in [0.1, 0.15) is 11.5 Å². The molecule has 3 aliphatic rings. The lowest BCUT2D eigenvalue weighted by Gasteiger charge is -2.36. The van der Waals surface area contributed by atoms with Crippen molar-refractivity contribution < 1.29 is 22.7 Å². The van der Waals surface area contributed by atoms with E-state index in [0.717, 1.165) is 26.2 Å². The minimum atomic E-state index is -3.90. The third-order valence-corrected chi connectivity index (χ3v) is 9.91. The molecule has 3 aliphatic heterocycles. The Balaban J connectivity index is 1.26. The van der Waals surface area contributed by atoms with Gasteiger partial charge in [0.25, 0.3) is 0 Å². The highest BCUT2D eigenvalue weighted by Crippen LogP contribution is 2.32. The number of nitrogens with zero attached hydrogens (tertiary/aromatic N) is 4. The Morgan fingerprint density at radius 2 is 1.69 bits per heavy atom. The summed E-state index contributed by atoms with van der Waals surface area (Å²) in [6, 6.07) is 2.46. The van der Waals surface area contributed by atoms with Gasteiger partial charge in [-0.15, -0.1) is 0 Å². The van der Waals surface area contributed by atoms with E-state index in [0.29, 0.717) is 23.7 Å². The lowest BCUT2D eigenvalue weighted by Crippen LogP contribution is -2.52. The van der Waals surface area contributed by atoms with Gasteiger partial charge in [-0.05, 0) is 50.6 Å². The maximum atomic E-state index is 13.5. The van der Waals surface area contributed by atoms with Crippen LogP contribution in [0.2, 0.25) is 10.0 Å². The molecule has 36 heavy (non-hydrogen) atoms. The van der Waals surface area contributed by atoms with Gasteiger partial charge in [0.2, 0.25) is 15.9 Å². The van der Waals surface area contributed by atoms with Crippen LogP contribution in [0.5, 0.6) is 0 Å². The van der Waals surface area contributed by atoms with E-state index < -0.39 is 16.1 Å². The number of hydrogen-bond acceptors (Lipinski definition) is 7.